The van der Waals surface area contributed by atoms with Crippen LogP contribution < -0.4 is 0 Å². The summed E-state index contributed by atoms with van der Waals surface area (Å²) in [5.41, 5.74) is 3.11. The molecule has 1 N–H and O–H groups in total. The second-order valence-electron chi connectivity index (χ2n) is 8.09. The van der Waals surface area contributed by atoms with E-state index in [-0.39, 0.29) is 17.9 Å². The van der Waals surface area contributed by atoms with Gasteiger partial charge >= 0.3 is 0 Å². The molecule has 1 aromatic carbocycles. The Hall–Kier alpha value is -1.91. The Morgan fingerprint density at radius 2 is 1.93 bits per heavy atom. The number of carbonyl (C=O) groups is 1. The van der Waals surface area contributed by atoms with Crippen molar-refractivity contribution in [1.29, 1.82) is 0 Å². The van der Waals surface area contributed by atoms with Crippen molar-refractivity contribution in [3.63, 3.8) is 0 Å². The van der Waals surface area contributed by atoms with Gasteiger partial charge in [0.25, 0.3) is 0 Å². The summed E-state index contributed by atoms with van der Waals surface area (Å²) >= 11 is 6.57. The first kappa shape index (κ1) is 19.4. The van der Waals surface area contributed by atoms with Crippen molar-refractivity contribution in [2.75, 3.05) is 6.54 Å². The highest BCUT2D eigenvalue weighted by Gasteiger charge is 2.35. The van der Waals surface area contributed by atoms with Crippen LogP contribution >= 0.6 is 11.6 Å². The Balaban J connectivity index is 1.45. The average molecular weight is 399 g/mol. The van der Waals surface area contributed by atoms with E-state index in [2.05, 4.69) is 16.0 Å². The predicted molar refractivity (Wildman–Crippen MR) is 111 cm³/mol. The summed E-state index contributed by atoms with van der Waals surface area (Å²) in [4.78, 5) is 19.4. The van der Waals surface area contributed by atoms with Gasteiger partial charge in [-0.1, -0.05) is 29.8 Å². The molecule has 2 fully saturated rings. The van der Waals surface area contributed by atoms with Crippen molar-refractivity contribution >= 4 is 17.5 Å². The van der Waals surface area contributed by atoms with Gasteiger partial charge in [0.1, 0.15) is 0 Å². The molecule has 1 saturated carbocycles. The first-order valence-electron chi connectivity index (χ1n) is 10.3. The van der Waals surface area contributed by atoms with Crippen LogP contribution in [0.15, 0.2) is 42.7 Å². The zero-order valence-electron chi connectivity index (χ0n) is 16.1. The topological polar surface area (TPSA) is 53.4 Å². The van der Waals surface area contributed by atoms with E-state index in [1.54, 1.807) is 6.20 Å². The Morgan fingerprint density at radius 1 is 1.11 bits per heavy atom. The number of aromatic nitrogens is 1. The SMILES string of the molecule is O=C1C(Cc2ccc(-c3cccnc3)cc2Cl)CCCN1C1CCC(O)CC1. The Morgan fingerprint density at radius 3 is 2.64 bits per heavy atom. The van der Waals surface area contributed by atoms with Gasteiger partial charge in [0, 0.05) is 41.5 Å². The van der Waals surface area contributed by atoms with Crippen molar-refractivity contribution in [3.8, 4) is 11.1 Å². The lowest BCUT2D eigenvalue weighted by atomic mass is 9.86. The molecule has 1 aromatic heterocycles. The van der Waals surface area contributed by atoms with Gasteiger partial charge in [-0.3, -0.25) is 9.78 Å². The Labute approximate surface area is 171 Å². The maximum atomic E-state index is 13.1. The molecule has 1 amide bonds. The lowest BCUT2D eigenvalue weighted by Crippen LogP contribution is -2.49. The number of nitrogens with zero attached hydrogens (tertiary/aromatic N) is 2. The molecule has 2 aliphatic rings. The van der Waals surface area contributed by atoms with Gasteiger partial charge in [0.05, 0.1) is 6.10 Å². The molecule has 1 saturated heterocycles. The average Bonchev–Trinajstić information content (AvgIpc) is 2.72. The second kappa shape index (κ2) is 8.62. The summed E-state index contributed by atoms with van der Waals surface area (Å²) in [6.45, 7) is 0.851. The highest BCUT2D eigenvalue weighted by atomic mass is 35.5. The number of pyridine rings is 1. The van der Waals surface area contributed by atoms with Crippen molar-refractivity contribution in [3.05, 3.63) is 53.3 Å². The number of benzene rings is 1. The van der Waals surface area contributed by atoms with E-state index < -0.39 is 0 Å². The van der Waals surface area contributed by atoms with Crippen molar-refractivity contribution < 1.29 is 9.90 Å². The first-order chi connectivity index (χ1) is 13.6. The largest absolute Gasteiger partial charge is 0.393 e. The lowest BCUT2D eigenvalue weighted by molar-refractivity contribution is -0.142. The standard InChI is InChI=1S/C23H27ClN2O2/c24-22-14-16(19-3-1-11-25-15-19)5-6-17(22)13-18-4-2-12-26(23(18)28)20-7-9-21(27)10-8-20/h1,3,5-6,11,14-15,18,20-21,27H,2,4,7-10,12-13H2. The summed E-state index contributed by atoms with van der Waals surface area (Å²) < 4.78 is 0. The number of hydrogen-bond donors (Lipinski definition) is 1. The van der Waals surface area contributed by atoms with Crippen molar-refractivity contribution in [2.45, 2.75) is 57.1 Å². The molecular formula is C23H27ClN2O2. The lowest BCUT2D eigenvalue weighted by Gasteiger charge is -2.40. The number of piperidine rings is 1. The number of rotatable bonds is 4. The second-order valence-corrected chi connectivity index (χ2v) is 8.49. The van der Waals surface area contributed by atoms with E-state index in [9.17, 15) is 9.90 Å². The molecule has 28 heavy (non-hydrogen) atoms. The summed E-state index contributed by atoms with van der Waals surface area (Å²) in [5.74, 6) is 0.266. The minimum Gasteiger partial charge on any atom is -0.393 e. The van der Waals surface area contributed by atoms with Crippen molar-refractivity contribution in [1.82, 2.24) is 9.88 Å². The van der Waals surface area contributed by atoms with Gasteiger partial charge in [-0.15, -0.1) is 0 Å². The van der Waals surface area contributed by atoms with Crippen LogP contribution in [0.5, 0.6) is 0 Å². The normalized spacial score (nSPS) is 25.7. The molecule has 0 bridgehead atoms. The minimum atomic E-state index is -0.191. The molecule has 1 unspecified atom stereocenters. The number of halogens is 1. The number of amides is 1. The van der Waals surface area contributed by atoms with Crippen LogP contribution in [0.4, 0.5) is 0 Å². The van der Waals surface area contributed by atoms with Gasteiger partial charge in [-0.2, -0.15) is 0 Å². The molecule has 2 heterocycles. The number of carbonyl (C=O) groups excluding carboxylic acids is 1. The summed E-state index contributed by atoms with van der Waals surface area (Å²) in [7, 11) is 0. The third-order valence-electron chi connectivity index (χ3n) is 6.21. The number of aliphatic hydroxyl groups is 1. The molecule has 2 aromatic rings. The van der Waals surface area contributed by atoms with Gasteiger partial charge in [0.15, 0.2) is 0 Å². The van der Waals surface area contributed by atoms with Crippen molar-refractivity contribution in [2.24, 2.45) is 5.92 Å². The quantitative estimate of drug-likeness (QED) is 0.825. The third-order valence-corrected chi connectivity index (χ3v) is 6.56. The number of hydrogen-bond acceptors (Lipinski definition) is 3. The number of aliphatic hydroxyl groups excluding tert-OH is 1. The zero-order chi connectivity index (χ0) is 19.5. The smallest absolute Gasteiger partial charge is 0.226 e. The highest BCUT2D eigenvalue weighted by Crippen LogP contribution is 2.32. The maximum absolute atomic E-state index is 13.1. The molecular weight excluding hydrogens is 372 g/mol. The fourth-order valence-electron chi connectivity index (χ4n) is 4.59. The van der Waals surface area contributed by atoms with E-state index >= 15 is 0 Å². The fraction of sp³-hybridized carbons (Fsp3) is 0.478. The van der Waals surface area contributed by atoms with E-state index in [1.807, 2.05) is 30.5 Å². The van der Waals surface area contributed by atoms with Gasteiger partial charge < -0.3 is 10.0 Å². The van der Waals surface area contributed by atoms with E-state index in [0.29, 0.717) is 17.5 Å². The van der Waals surface area contributed by atoms with Gasteiger partial charge in [-0.25, -0.2) is 0 Å². The third kappa shape index (κ3) is 4.23. The van der Waals surface area contributed by atoms with Crippen LogP contribution in [0.3, 0.4) is 0 Å². The van der Waals surface area contributed by atoms with Gasteiger partial charge in [0.2, 0.25) is 5.91 Å². The molecule has 0 spiro atoms. The molecule has 148 valence electrons. The number of likely N-dealkylation sites (tertiary alicyclic amines) is 1. The van der Waals surface area contributed by atoms with Crippen LogP contribution in [-0.4, -0.2) is 39.6 Å². The Bertz CT molecular complexity index is 819. The summed E-state index contributed by atoms with van der Waals surface area (Å²) in [6, 6.07) is 10.3. The van der Waals surface area contributed by atoms with Crippen LogP contribution in [-0.2, 0) is 11.2 Å². The highest BCUT2D eigenvalue weighted by molar-refractivity contribution is 6.31. The minimum absolute atomic E-state index is 0.00217. The molecule has 1 aliphatic heterocycles. The first-order valence-corrected chi connectivity index (χ1v) is 10.7. The summed E-state index contributed by atoms with van der Waals surface area (Å²) in [5, 5.41) is 10.5. The van der Waals surface area contributed by atoms with E-state index in [0.717, 1.165) is 61.8 Å². The summed E-state index contributed by atoms with van der Waals surface area (Å²) in [6.07, 6.45) is 9.50. The monoisotopic (exact) mass is 398 g/mol. The molecule has 4 nitrogen and oxygen atoms in total. The van der Waals surface area contributed by atoms with Crippen LogP contribution in [0.2, 0.25) is 5.02 Å². The molecule has 0 radical (unpaired) electrons. The van der Waals surface area contributed by atoms with Crippen LogP contribution in [0, 0.1) is 5.92 Å². The van der Waals surface area contributed by atoms with E-state index in [4.69, 9.17) is 11.6 Å². The van der Waals surface area contributed by atoms with Crippen LogP contribution in [0.25, 0.3) is 11.1 Å². The Kier molecular flexibility index (Phi) is 5.98. The molecule has 1 atom stereocenters. The molecule has 1 aliphatic carbocycles. The van der Waals surface area contributed by atoms with Crippen LogP contribution in [0.1, 0.15) is 44.1 Å². The van der Waals surface area contributed by atoms with Gasteiger partial charge in [-0.05, 0) is 68.2 Å². The zero-order valence-corrected chi connectivity index (χ0v) is 16.8. The fourth-order valence-corrected chi connectivity index (χ4v) is 4.85. The van der Waals surface area contributed by atoms with E-state index in [1.165, 1.54) is 0 Å². The predicted octanol–water partition coefficient (Wildman–Crippen LogP) is 4.49. The molecule has 5 heteroatoms. The maximum Gasteiger partial charge on any atom is 0.226 e. The molecule has 4 rings (SSSR count).